The van der Waals surface area contributed by atoms with Gasteiger partial charge in [-0.25, -0.2) is 4.98 Å². The molecule has 1 saturated carbocycles. The Morgan fingerprint density at radius 2 is 1.81 bits per heavy atom. The summed E-state index contributed by atoms with van der Waals surface area (Å²) in [4.78, 5) is 19.2. The summed E-state index contributed by atoms with van der Waals surface area (Å²) < 4.78 is 2.29. The molecule has 2 aromatic carbocycles. The van der Waals surface area contributed by atoms with Gasteiger partial charge in [-0.1, -0.05) is 53.5 Å². The van der Waals surface area contributed by atoms with E-state index in [1.54, 1.807) is 6.07 Å². The summed E-state index contributed by atoms with van der Waals surface area (Å²) in [7, 11) is 0. The Hall–Kier alpha value is -2.30. The second-order valence-corrected chi connectivity index (χ2v) is 9.59. The number of hydrogen-bond acceptors (Lipinski definition) is 2. The number of aromatic nitrogens is 2. The molecular formula is C25H25Cl2N3O. The van der Waals surface area contributed by atoms with Crippen molar-refractivity contribution in [2.24, 2.45) is 11.8 Å². The van der Waals surface area contributed by atoms with Gasteiger partial charge in [0.25, 0.3) is 0 Å². The van der Waals surface area contributed by atoms with Gasteiger partial charge in [0.1, 0.15) is 5.82 Å². The van der Waals surface area contributed by atoms with Crippen LogP contribution in [0.25, 0.3) is 22.5 Å². The second kappa shape index (κ2) is 8.33. The van der Waals surface area contributed by atoms with E-state index in [2.05, 4.69) is 40.7 Å². The number of likely N-dealkylation sites (tertiary alicyclic amines) is 1. The fraction of sp³-hybridized carbons (Fsp3) is 0.360. The highest BCUT2D eigenvalue weighted by atomic mass is 35.5. The molecule has 1 unspecified atom stereocenters. The van der Waals surface area contributed by atoms with Crippen molar-refractivity contribution in [1.29, 1.82) is 0 Å². The van der Waals surface area contributed by atoms with Crippen molar-refractivity contribution < 1.29 is 4.79 Å². The lowest BCUT2D eigenvalue weighted by Crippen LogP contribution is -2.30. The van der Waals surface area contributed by atoms with Crippen molar-refractivity contribution in [3.63, 3.8) is 0 Å². The summed E-state index contributed by atoms with van der Waals surface area (Å²) >= 11 is 12.4. The van der Waals surface area contributed by atoms with Crippen LogP contribution in [0, 0.1) is 18.8 Å². The topological polar surface area (TPSA) is 38.1 Å². The number of amides is 1. The molecule has 6 heteroatoms. The molecule has 0 N–H and O–H groups in total. The van der Waals surface area contributed by atoms with Gasteiger partial charge >= 0.3 is 0 Å². The maximum absolute atomic E-state index is 12.4. The highest BCUT2D eigenvalue weighted by Gasteiger charge is 2.36. The standard InChI is InChI=1S/C25H25Cl2N3O/c1-16-13-28-24(30(16)15-17-10-11-29(14-17)25(31)20-6-7-20)19-4-2-18(3-5-19)22-9-8-21(26)12-23(22)27/h2-5,8-9,12-13,17,20H,6-7,10-11,14-15H2,1H3. The number of imidazole rings is 1. The van der Waals surface area contributed by atoms with Gasteiger partial charge in [-0.3, -0.25) is 4.79 Å². The van der Waals surface area contributed by atoms with E-state index >= 15 is 0 Å². The Bertz CT molecular complexity index is 1120. The Morgan fingerprint density at radius 3 is 2.52 bits per heavy atom. The number of halogens is 2. The average Bonchev–Trinajstić information content (AvgIpc) is 3.41. The van der Waals surface area contributed by atoms with Crippen LogP contribution in [0.15, 0.2) is 48.7 Å². The molecule has 5 rings (SSSR count). The number of nitrogens with zero attached hydrogens (tertiary/aromatic N) is 3. The molecule has 0 bridgehead atoms. The third-order valence-corrected chi connectivity index (χ3v) is 6.95. The van der Waals surface area contributed by atoms with E-state index in [0.29, 0.717) is 27.8 Å². The third-order valence-electron chi connectivity index (χ3n) is 6.41. The van der Waals surface area contributed by atoms with Crippen molar-refractivity contribution >= 4 is 29.1 Å². The smallest absolute Gasteiger partial charge is 0.225 e. The van der Waals surface area contributed by atoms with Crippen LogP contribution in [-0.4, -0.2) is 33.4 Å². The molecule has 1 aromatic heterocycles. The normalized spacial score (nSPS) is 18.5. The summed E-state index contributed by atoms with van der Waals surface area (Å²) in [6.45, 7) is 4.74. The maximum Gasteiger partial charge on any atom is 0.225 e. The van der Waals surface area contributed by atoms with Crippen LogP contribution < -0.4 is 0 Å². The molecule has 1 atom stereocenters. The van der Waals surface area contributed by atoms with Gasteiger partial charge in [-0.15, -0.1) is 0 Å². The van der Waals surface area contributed by atoms with E-state index in [-0.39, 0.29) is 0 Å². The molecule has 1 amide bonds. The monoisotopic (exact) mass is 453 g/mol. The first-order valence-electron chi connectivity index (χ1n) is 10.9. The maximum atomic E-state index is 12.4. The first-order chi connectivity index (χ1) is 15.0. The number of carbonyl (C=O) groups excluding carboxylic acids is 1. The van der Waals surface area contributed by atoms with Gasteiger partial charge in [-0.05, 0) is 49.8 Å². The minimum Gasteiger partial charge on any atom is -0.342 e. The summed E-state index contributed by atoms with van der Waals surface area (Å²) in [5, 5.41) is 1.27. The molecule has 0 radical (unpaired) electrons. The fourth-order valence-electron chi connectivity index (χ4n) is 4.47. The van der Waals surface area contributed by atoms with Gasteiger partial charge in [0.2, 0.25) is 5.91 Å². The highest BCUT2D eigenvalue weighted by molar-refractivity contribution is 6.36. The first kappa shape index (κ1) is 20.6. The lowest BCUT2D eigenvalue weighted by Gasteiger charge is -2.18. The van der Waals surface area contributed by atoms with Crippen LogP contribution >= 0.6 is 23.2 Å². The van der Waals surface area contributed by atoms with E-state index in [4.69, 9.17) is 28.2 Å². The third kappa shape index (κ3) is 4.24. The largest absolute Gasteiger partial charge is 0.342 e. The molecule has 0 spiro atoms. The predicted octanol–water partition coefficient (Wildman–Crippen LogP) is 6.09. The Balaban J connectivity index is 1.34. The second-order valence-electron chi connectivity index (χ2n) is 8.75. The van der Waals surface area contributed by atoms with Crippen LogP contribution in [-0.2, 0) is 11.3 Å². The molecule has 1 aliphatic carbocycles. The van der Waals surface area contributed by atoms with Crippen LogP contribution in [0.4, 0.5) is 0 Å². The molecular weight excluding hydrogens is 429 g/mol. The number of hydrogen-bond donors (Lipinski definition) is 0. The predicted molar refractivity (Wildman–Crippen MR) is 125 cm³/mol. The van der Waals surface area contributed by atoms with Gasteiger partial charge in [-0.2, -0.15) is 0 Å². The summed E-state index contributed by atoms with van der Waals surface area (Å²) in [6, 6.07) is 13.9. The molecule has 1 aliphatic heterocycles. The zero-order valence-electron chi connectivity index (χ0n) is 17.5. The number of carbonyl (C=O) groups is 1. The lowest BCUT2D eigenvalue weighted by molar-refractivity contribution is -0.131. The van der Waals surface area contributed by atoms with E-state index in [1.165, 1.54) is 0 Å². The van der Waals surface area contributed by atoms with Gasteiger partial charge in [0, 0.05) is 58.6 Å². The van der Waals surface area contributed by atoms with Crippen molar-refractivity contribution in [2.75, 3.05) is 13.1 Å². The summed E-state index contributed by atoms with van der Waals surface area (Å²) in [6.07, 6.45) is 5.13. The molecule has 160 valence electrons. The molecule has 1 saturated heterocycles. The van der Waals surface area contributed by atoms with E-state index in [0.717, 1.165) is 67.1 Å². The Labute approximate surface area is 192 Å². The Morgan fingerprint density at radius 1 is 1.06 bits per heavy atom. The van der Waals surface area contributed by atoms with Crippen LogP contribution in [0.2, 0.25) is 10.0 Å². The molecule has 3 aromatic rings. The van der Waals surface area contributed by atoms with E-state index < -0.39 is 0 Å². The minimum atomic E-state index is 0.303. The van der Waals surface area contributed by atoms with Crippen LogP contribution in [0.1, 0.15) is 25.0 Å². The lowest BCUT2D eigenvalue weighted by atomic mass is 10.0. The van der Waals surface area contributed by atoms with Gasteiger partial charge < -0.3 is 9.47 Å². The Kier molecular flexibility index (Phi) is 5.53. The number of rotatable bonds is 5. The first-order valence-corrected chi connectivity index (χ1v) is 11.6. The summed E-state index contributed by atoms with van der Waals surface area (Å²) in [5.74, 6) is 2.11. The zero-order chi connectivity index (χ0) is 21.5. The van der Waals surface area contributed by atoms with Crippen LogP contribution in [0.3, 0.4) is 0 Å². The molecule has 2 aliphatic rings. The van der Waals surface area contributed by atoms with Crippen LogP contribution in [0.5, 0.6) is 0 Å². The number of benzene rings is 2. The van der Waals surface area contributed by atoms with Crippen molar-refractivity contribution in [2.45, 2.75) is 32.7 Å². The summed E-state index contributed by atoms with van der Waals surface area (Å²) in [5.41, 5.74) is 4.23. The van der Waals surface area contributed by atoms with Crippen molar-refractivity contribution in [3.8, 4) is 22.5 Å². The molecule has 31 heavy (non-hydrogen) atoms. The van der Waals surface area contributed by atoms with E-state index in [1.807, 2.05) is 18.3 Å². The fourth-order valence-corrected chi connectivity index (χ4v) is 4.99. The quantitative estimate of drug-likeness (QED) is 0.468. The molecule has 2 heterocycles. The average molecular weight is 454 g/mol. The van der Waals surface area contributed by atoms with Gasteiger partial charge in [0.05, 0.1) is 0 Å². The minimum absolute atomic E-state index is 0.303. The number of aryl methyl sites for hydroxylation is 1. The van der Waals surface area contributed by atoms with Crippen molar-refractivity contribution in [3.05, 3.63) is 64.4 Å². The van der Waals surface area contributed by atoms with Crippen molar-refractivity contribution in [1.82, 2.24) is 14.5 Å². The van der Waals surface area contributed by atoms with E-state index in [9.17, 15) is 4.79 Å². The highest BCUT2D eigenvalue weighted by Crippen LogP contribution is 2.34. The SMILES string of the molecule is Cc1cnc(-c2ccc(-c3ccc(Cl)cc3Cl)cc2)n1CC1CCN(C(=O)C2CC2)C1. The molecule has 4 nitrogen and oxygen atoms in total. The zero-order valence-corrected chi connectivity index (χ0v) is 19.0. The van der Waals surface area contributed by atoms with Gasteiger partial charge in [0.15, 0.2) is 0 Å². The molecule has 2 fully saturated rings.